The summed E-state index contributed by atoms with van der Waals surface area (Å²) in [6.45, 7) is 6.72. The first-order valence-corrected chi connectivity index (χ1v) is 8.60. The first-order valence-electron chi connectivity index (χ1n) is 8.60. The summed E-state index contributed by atoms with van der Waals surface area (Å²) in [5, 5.41) is 3.46. The highest BCUT2D eigenvalue weighted by atomic mass is 16.1. The third-order valence-electron chi connectivity index (χ3n) is 6.21. The second kappa shape index (κ2) is 6.93. The minimum atomic E-state index is -0.0703. The molecular weight excluding hydrogens is 248 g/mol. The van der Waals surface area contributed by atoms with E-state index in [1.165, 1.54) is 44.9 Å². The third kappa shape index (κ3) is 3.03. The lowest BCUT2D eigenvalue weighted by atomic mass is 9.54. The highest BCUT2D eigenvalue weighted by Gasteiger charge is 2.48. The van der Waals surface area contributed by atoms with Crippen LogP contribution in [0.3, 0.4) is 0 Å². The molecule has 1 aliphatic carbocycles. The maximum absolute atomic E-state index is 12.1. The van der Waals surface area contributed by atoms with E-state index >= 15 is 0 Å². The van der Waals surface area contributed by atoms with Crippen LogP contribution in [0.5, 0.6) is 0 Å². The molecule has 2 aliphatic rings. The van der Waals surface area contributed by atoms with Crippen molar-refractivity contribution in [2.45, 2.75) is 65.2 Å². The lowest BCUT2D eigenvalue weighted by Crippen LogP contribution is -2.50. The van der Waals surface area contributed by atoms with Crippen LogP contribution in [-0.2, 0) is 4.79 Å². The number of carbonyl (C=O) groups excluding carboxylic acids is 1. The van der Waals surface area contributed by atoms with E-state index in [1.54, 1.807) is 0 Å². The SMILES string of the molecule is CCC(C(N)=O)C(C)(C1CCCCC1)C1CCNCC1. The summed E-state index contributed by atoms with van der Waals surface area (Å²) in [5.74, 6) is 1.33. The van der Waals surface area contributed by atoms with Gasteiger partial charge in [-0.05, 0) is 62.4 Å². The van der Waals surface area contributed by atoms with E-state index in [-0.39, 0.29) is 17.2 Å². The third-order valence-corrected chi connectivity index (χ3v) is 6.21. The van der Waals surface area contributed by atoms with Gasteiger partial charge in [0.1, 0.15) is 0 Å². The minimum absolute atomic E-state index is 0.0497. The maximum atomic E-state index is 12.1. The lowest BCUT2D eigenvalue weighted by Gasteiger charge is -2.50. The molecule has 1 heterocycles. The van der Waals surface area contributed by atoms with Crippen molar-refractivity contribution in [1.29, 1.82) is 0 Å². The van der Waals surface area contributed by atoms with E-state index in [0.29, 0.717) is 11.8 Å². The first-order chi connectivity index (χ1) is 9.60. The molecule has 3 heteroatoms. The zero-order valence-electron chi connectivity index (χ0n) is 13.3. The molecule has 2 unspecified atom stereocenters. The number of nitrogens with one attached hydrogen (secondary N) is 1. The fraction of sp³-hybridized carbons (Fsp3) is 0.941. The van der Waals surface area contributed by atoms with Crippen LogP contribution in [0, 0.1) is 23.2 Å². The van der Waals surface area contributed by atoms with Crippen LogP contribution in [0.15, 0.2) is 0 Å². The van der Waals surface area contributed by atoms with Gasteiger partial charge in [-0.3, -0.25) is 4.79 Å². The van der Waals surface area contributed by atoms with Gasteiger partial charge >= 0.3 is 0 Å². The number of rotatable bonds is 5. The Morgan fingerprint density at radius 3 is 2.20 bits per heavy atom. The van der Waals surface area contributed by atoms with Crippen molar-refractivity contribution < 1.29 is 4.79 Å². The molecule has 0 spiro atoms. The Bertz CT molecular complexity index is 299. The number of nitrogens with two attached hydrogens (primary N) is 1. The molecule has 3 N–H and O–H groups in total. The van der Waals surface area contributed by atoms with E-state index in [2.05, 4.69) is 19.2 Å². The summed E-state index contributed by atoms with van der Waals surface area (Å²) < 4.78 is 0. The number of carbonyl (C=O) groups is 1. The molecule has 1 aliphatic heterocycles. The molecule has 1 saturated carbocycles. The predicted molar refractivity (Wildman–Crippen MR) is 83.3 cm³/mol. The smallest absolute Gasteiger partial charge is 0.221 e. The van der Waals surface area contributed by atoms with Crippen molar-refractivity contribution in [3.8, 4) is 0 Å². The lowest BCUT2D eigenvalue weighted by molar-refractivity contribution is -0.132. The summed E-state index contributed by atoms with van der Waals surface area (Å²) in [5.41, 5.74) is 5.91. The molecule has 0 radical (unpaired) electrons. The van der Waals surface area contributed by atoms with Crippen LogP contribution in [0.4, 0.5) is 0 Å². The standard InChI is InChI=1S/C17H32N2O/c1-3-15(16(18)20)17(2,13-7-5-4-6-8-13)14-9-11-19-12-10-14/h13-15,19H,3-12H2,1-2H3,(H2,18,20). The van der Waals surface area contributed by atoms with Gasteiger partial charge in [-0.1, -0.05) is 33.1 Å². The molecule has 0 aromatic carbocycles. The second-order valence-electron chi connectivity index (χ2n) is 7.09. The zero-order chi connectivity index (χ0) is 14.6. The highest BCUT2D eigenvalue weighted by Crippen LogP contribution is 2.52. The van der Waals surface area contributed by atoms with E-state index in [1.807, 2.05) is 0 Å². The summed E-state index contributed by atoms with van der Waals surface area (Å²) in [6.07, 6.45) is 9.93. The maximum Gasteiger partial charge on any atom is 0.221 e. The van der Waals surface area contributed by atoms with Crippen molar-refractivity contribution >= 4 is 5.91 Å². The van der Waals surface area contributed by atoms with Crippen LogP contribution in [-0.4, -0.2) is 19.0 Å². The van der Waals surface area contributed by atoms with Crippen LogP contribution in [0.25, 0.3) is 0 Å². The van der Waals surface area contributed by atoms with Crippen molar-refractivity contribution in [3.63, 3.8) is 0 Å². The van der Waals surface area contributed by atoms with Gasteiger partial charge in [-0.2, -0.15) is 0 Å². The Labute approximate surface area is 124 Å². The van der Waals surface area contributed by atoms with Gasteiger partial charge in [-0.15, -0.1) is 0 Å². The monoisotopic (exact) mass is 280 g/mol. The predicted octanol–water partition coefficient (Wildman–Crippen LogP) is 3.08. The van der Waals surface area contributed by atoms with E-state index < -0.39 is 0 Å². The van der Waals surface area contributed by atoms with Crippen molar-refractivity contribution in [1.82, 2.24) is 5.32 Å². The molecular formula is C17H32N2O. The molecule has 3 nitrogen and oxygen atoms in total. The number of hydrogen-bond donors (Lipinski definition) is 2. The van der Waals surface area contributed by atoms with Gasteiger partial charge in [0.25, 0.3) is 0 Å². The average molecular weight is 280 g/mol. The molecule has 1 amide bonds. The Morgan fingerprint density at radius 2 is 1.70 bits per heavy atom. The molecule has 20 heavy (non-hydrogen) atoms. The first kappa shape index (κ1) is 15.8. The number of amides is 1. The van der Waals surface area contributed by atoms with Gasteiger partial charge in [0.2, 0.25) is 5.91 Å². The molecule has 0 aromatic rings. The van der Waals surface area contributed by atoms with Crippen molar-refractivity contribution in [3.05, 3.63) is 0 Å². The fourth-order valence-corrected chi connectivity index (χ4v) is 5.02. The minimum Gasteiger partial charge on any atom is -0.369 e. The van der Waals surface area contributed by atoms with E-state index in [4.69, 9.17) is 5.73 Å². The van der Waals surface area contributed by atoms with Gasteiger partial charge in [0.05, 0.1) is 0 Å². The van der Waals surface area contributed by atoms with Crippen molar-refractivity contribution in [2.75, 3.05) is 13.1 Å². The summed E-state index contributed by atoms with van der Waals surface area (Å²) in [4.78, 5) is 12.1. The van der Waals surface area contributed by atoms with Crippen LogP contribution in [0.1, 0.15) is 65.2 Å². The molecule has 0 bridgehead atoms. The second-order valence-corrected chi connectivity index (χ2v) is 7.09. The summed E-state index contributed by atoms with van der Waals surface area (Å²) in [7, 11) is 0. The van der Waals surface area contributed by atoms with Gasteiger partial charge in [0, 0.05) is 5.92 Å². The van der Waals surface area contributed by atoms with Gasteiger partial charge in [-0.25, -0.2) is 0 Å². The summed E-state index contributed by atoms with van der Waals surface area (Å²) in [6, 6.07) is 0. The van der Waals surface area contributed by atoms with Gasteiger partial charge in [0.15, 0.2) is 0 Å². The fourth-order valence-electron chi connectivity index (χ4n) is 5.02. The summed E-state index contributed by atoms with van der Waals surface area (Å²) >= 11 is 0. The van der Waals surface area contributed by atoms with E-state index in [0.717, 1.165) is 19.5 Å². The molecule has 116 valence electrons. The zero-order valence-corrected chi connectivity index (χ0v) is 13.3. The molecule has 2 atom stereocenters. The quantitative estimate of drug-likeness (QED) is 0.813. The molecule has 2 fully saturated rings. The van der Waals surface area contributed by atoms with Gasteiger partial charge < -0.3 is 11.1 Å². The number of piperidine rings is 1. The molecule has 2 rings (SSSR count). The van der Waals surface area contributed by atoms with Crippen LogP contribution >= 0.6 is 0 Å². The largest absolute Gasteiger partial charge is 0.369 e. The highest BCUT2D eigenvalue weighted by molar-refractivity contribution is 5.77. The number of hydrogen-bond acceptors (Lipinski definition) is 2. The molecule has 0 aromatic heterocycles. The Hall–Kier alpha value is -0.570. The Morgan fingerprint density at radius 1 is 1.15 bits per heavy atom. The van der Waals surface area contributed by atoms with E-state index in [9.17, 15) is 4.79 Å². The average Bonchev–Trinajstić information content (AvgIpc) is 2.49. The number of primary amides is 1. The normalized spacial score (nSPS) is 26.9. The Kier molecular flexibility index (Phi) is 5.48. The van der Waals surface area contributed by atoms with Crippen molar-refractivity contribution in [2.24, 2.45) is 28.9 Å². The topological polar surface area (TPSA) is 55.1 Å². The molecule has 1 saturated heterocycles. The Balaban J connectivity index is 2.26. The van der Waals surface area contributed by atoms with Crippen LogP contribution < -0.4 is 11.1 Å². The van der Waals surface area contributed by atoms with Crippen LogP contribution in [0.2, 0.25) is 0 Å².